The van der Waals surface area contributed by atoms with Crippen molar-refractivity contribution in [3.05, 3.63) is 42.2 Å². The summed E-state index contributed by atoms with van der Waals surface area (Å²) in [6, 6.07) is 3.27. The second kappa shape index (κ2) is 5.55. The van der Waals surface area contributed by atoms with Crippen LogP contribution < -0.4 is 10.5 Å². The molecule has 1 heterocycles. The molecule has 2 aromatic rings. The zero-order chi connectivity index (χ0) is 14.8. The van der Waals surface area contributed by atoms with Gasteiger partial charge < -0.3 is 5.73 Å². The molecule has 9 heteroatoms. The number of halogens is 2. The van der Waals surface area contributed by atoms with Gasteiger partial charge in [-0.05, 0) is 18.2 Å². The van der Waals surface area contributed by atoms with Crippen LogP contribution in [0.25, 0.3) is 0 Å². The number of nitrogens with zero attached hydrogens (tertiary/aromatic N) is 2. The zero-order valence-electron chi connectivity index (χ0n) is 10.3. The smallest absolute Gasteiger partial charge is 0.243 e. The fourth-order valence-electron chi connectivity index (χ4n) is 1.58. The maximum Gasteiger partial charge on any atom is 0.243 e. The maximum absolute atomic E-state index is 13.5. The van der Waals surface area contributed by atoms with Crippen molar-refractivity contribution < 1.29 is 17.2 Å². The molecule has 0 amide bonds. The van der Waals surface area contributed by atoms with Gasteiger partial charge in [0.05, 0.1) is 6.54 Å². The lowest BCUT2D eigenvalue weighted by molar-refractivity contribution is 0.483. The predicted molar refractivity (Wildman–Crippen MR) is 68.2 cm³/mol. The second-order valence-corrected chi connectivity index (χ2v) is 5.72. The van der Waals surface area contributed by atoms with Crippen molar-refractivity contribution in [3.8, 4) is 0 Å². The van der Waals surface area contributed by atoms with Crippen LogP contribution in [0.4, 0.5) is 14.5 Å². The first-order valence-electron chi connectivity index (χ1n) is 5.62. The Morgan fingerprint density at radius 3 is 2.75 bits per heavy atom. The van der Waals surface area contributed by atoms with Crippen LogP contribution in [-0.2, 0) is 16.6 Å². The number of nitrogen functional groups attached to an aromatic ring is 1. The molecule has 0 fully saturated rings. The molecule has 2 rings (SSSR count). The Balaban J connectivity index is 2.14. The number of anilines is 1. The molecule has 3 N–H and O–H groups in total. The summed E-state index contributed by atoms with van der Waals surface area (Å²) in [6.07, 6.45) is 3.19. The average molecular weight is 302 g/mol. The Bertz CT molecular complexity index is 701. The Morgan fingerprint density at radius 1 is 1.35 bits per heavy atom. The van der Waals surface area contributed by atoms with Gasteiger partial charge in [0.1, 0.15) is 4.90 Å². The van der Waals surface area contributed by atoms with Gasteiger partial charge in [-0.15, -0.1) is 0 Å². The third-order valence-electron chi connectivity index (χ3n) is 2.50. The van der Waals surface area contributed by atoms with E-state index in [4.69, 9.17) is 5.73 Å². The highest BCUT2D eigenvalue weighted by atomic mass is 32.2. The van der Waals surface area contributed by atoms with Crippen molar-refractivity contribution in [2.75, 3.05) is 12.3 Å². The summed E-state index contributed by atoms with van der Waals surface area (Å²) in [5, 5.41) is 3.88. The fraction of sp³-hybridized carbons (Fsp3) is 0.182. The lowest BCUT2D eigenvalue weighted by atomic mass is 10.3. The quantitative estimate of drug-likeness (QED) is 0.796. The standard InChI is InChI=1S/C11H12F2N4O2S/c12-9-6-8(14)7-10(11(9)13)20(18,19)16-3-5-17-4-1-2-15-17/h1-2,4,6-7,16H,3,5,14H2. The zero-order valence-corrected chi connectivity index (χ0v) is 11.1. The van der Waals surface area contributed by atoms with E-state index in [2.05, 4.69) is 9.82 Å². The van der Waals surface area contributed by atoms with Crippen LogP contribution in [0, 0.1) is 11.6 Å². The number of rotatable bonds is 5. The second-order valence-electron chi connectivity index (χ2n) is 3.98. The average Bonchev–Trinajstić information content (AvgIpc) is 2.86. The summed E-state index contributed by atoms with van der Waals surface area (Å²) in [7, 11) is -4.18. The van der Waals surface area contributed by atoms with Gasteiger partial charge in [0.2, 0.25) is 10.0 Å². The van der Waals surface area contributed by atoms with Crippen LogP contribution in [-0.4, -0.2) is 24.7 Å². The summed E-state index contributed by atoms with van der Waals surface area (Å²) >= 11 is 0. The number of sulfonamides is 1. The van der Waals surface area contributed by atoms with E-state index in [0.29, 0.717) is 0 Å². The van der Waals surface area contributed by atoms with Gasteiger partial charge in [0.25, 0.3) is 0 Å². The summed E-state index contributed by atoms with van der Waals surface area (Å²) < 4.78 is 54.1. The first-order valence-corrected chi connectivity index (χ1v) is 7.10. The van der Waals surface area contributed by atoms with Crippen molar-refractivity contribution >= 4 is 15.7 Å². The molecule has 1 aromatic carbocycles. The third-order valence-corrected chi connectivity index (χ3v) is 3.96. The van der Waals surface area contributed by atoms with E-state index < -0.39 is 26.6 Å². The molecule has 0 unspecified atom stereocenters. The predicted octanol–water partition coefficient (Wildman–Crippen LogP) is 0.722. The lowest BCUT2D eigenvalue weighted by Crippen LogP contribution is -2.28. The van der Waals surface area contributed by atoms with Crippen molar-refractivity contribution in [2.45, 2.75) is 11.4 Å². The highest BCUT2D eigenvalue weighted by molar-refractivity contribution is 7.89. The van der Waals surface area contributed by atoms with E-state index in [1.165, 1.54) is 4.68 Å². The van der Waals surface area contributed by atoms with Crippen LogP contribution >= 0.6 is 0 Å². The Kier molecular flexibility index (Phi) is 4.00. The van der Waals surface area contributed by atoms with Gasteiger partial charge in [-0.3, -0.25) is 4.68 Å². The van der Waals surface area contributed by atoms with Gasteiger partial charge in [0.15, 0.2) is 11.6 Å². The monoisotopic (exact) mass is 302 g/mol. The molecule has 0 aliphatic heterocycles. The number of hydrogen-bond donors (Lipinski definition) is 2. The number of aromatic nitrogens is 2. The van der Waals surface area contributed by atoms with Crippen LogP contribution in [0.1, 0.15) is 0 Å². The van der Waals surface area contributed by atoms with E-state index in [1.807, 2.05) is 0 Å². The highest BCUT2D eigenvalue weighted by Gasteiger charge is 2.22. The molecule has 0 radical (unpaired) electrons. The van der Waals surface area contributed by atoms with E-state index in [0.717, 1.165) is 12.1 Å². The summed E-state index contributed by atoms with van der Waals surface area (Å²) in [4.78, 5) is -0.810. The van der Waals surface area contributed by atoms with Gasteiger partial charge in [-0.2, -0.15) is 5.10 Å². The van der Waals surface area contributed by atoms with Crippen molar-refractivity contribution in [1.29, 1.82) is 0 Å². The molecular formula is C11H12F2N4O2S. The Morgan fingerprint density at radius 2 is 2.10 bits per heavy atom. The number of nitrogens with two attached hydrogens (primary N) is 1. The highest BCUT2D eigenvalue weighted by Crippen LogP contribution is 2.20. The molecule has 0 atom stereocenters. The van der Waals surface area contributed by atoms with Gasteiger partial charge in [0, 0.05) is 24.6 Å². The van der Waals surface area contributed by atoms with Crippen molar-refractivity contribution in [2.24, 2.45) is 0 Å². The number of benzene rings is 1. The number of nitrogens with one attached hydrogen (secondary N) is 1. The normalized spacial score (nSPS) is 11.7. The summed E-state index contributed by atoms with van der Waals surface area (Å²) in [5.74, 6) is -2.76. The van der Waals surface area contributed by atoms with Crippen LogP contribution in [0.3, 0.4) is 0 Å². The summed E-state index contributed by atoms with van der Waals surface area (Å²) in [5.41, 5.74) is 5.15. The molecule has 108 valence electrons. The van der Waals surface area contributed by atoms with Crippen molar-refractivity contribution in [3.63, 3.8) is 0 Å². The van der Waals surface area contributed by atoms with Crippen molar-refractivity contribution in [1.82, 2.24) is 14.5 Å². The minimum absolute atomic E-state index is 0.0140. The van der Waals surface area contributed by atoms with Crippen LogP contribution in [0.2, 0.25) is 0 Å². The van der Waals surface area contributed by atoms with Gasteiger partial charge >= 0.3 is 0 Å². The molecule has 6 nitrogen and oxygen atoms in total. The van der Waals surface area contributed by atoms with Gasteiger partial charge in [-0.1, -0.05) is 0 Å². The minimum atomic E-state index is -4.18. The topological polar surface area (TPSA) is 90.0 Å². The first kappa shape index (κ1) is 14.4. The lowest BCUT2D eigenvalue weighted by Gasteiger charge is -2.09. The maximum atomic E-state index is 13.5. The minimum Gasteiger partial charge on any atom is -0.399 e. The van der Waals surface area contributed by atoms with E-state index in [9.17, 15) is 17.2 Å². The van der Waals surface area contributed by atoms with Gasteiger partial charge in [-0.25, -0.2) is 21.9 Å². The van der Waals surface area contributed by atoms with Crippen LogP contribution in [0.15, 0.2) is 35.5 Å². The molecule has 0 saturated heterocycles. The Labute approximate surface area is 114 Å². The van der Waals surface area contributed by atoms with E-state index >= 15 is 0 Å². The molecule has 20 heavy (non-hydrogen) atoms. The molecule has 0 spiro atoms. The molecule has 0 aliphatic carbocycles. The summed E-state index contributed by atoms with van der Waals surface area (Å²) in [6.45, 7) is 0.249. The number of hydrogen-bond acceptors (Lipinski definition) is 4. The molecule has 0 saturated carbocycles. The SMILES string of the molecule is Nc1cc(F)c(F)c(S(=O)(=O)NCCn2cccn2)c1. The first-order chi connectivity index (χ1) is 9.40. The molecule has 0 aliphatic rings. The largest absolute Gasteiger partial charge is 0.399 e. The van der Waals surface area contributed by atoms with Crippen LogP contribution in [0.5, 0.6) is 0 Å². The Hall–Kier alpha value is -2.00. The third kappa shape index (κ3) is 3.11. The fourth-order valence-corrected chi connectivity index (χ4v) is 2.72. The van der Waals surface area contributed by atoms with E-state index in [1.54, 1.807) is 18.5 Å². The van der Waals surface area contributed by atoms with E-state index in [-0.39, 0.29) is 18.8 Å². The molecule has 1 aromatic heterocycles. The molecular weight excluding hydrogens is 290 g/mol. The molecule has 0 bridgehead atoms.